The molecule has 0 atom stereocenters. The van der Waals surface area contributed by atoms with E-state index in [4.69, 9.17) is 0 Å². The minimum Gasteiger partial charge on any atom is -0.296 e. The van der Waals surface area contributed by atoms with E-state index in [0.29, 0.717) is 0 Å². The third-order valence-corrected chi connectivity index (χ3v) is 10.7. The maximum atomic E-state index is 4.55. The fourth-order valence-corrected chi connectivity index (χ4v) is 7.65. The largest absolute Gasteiger partial charge is 0.296 e. The molecule has 61 heavy (non-hydrogen) atoms. The van der Waals surface area contributed by atoms with Crippen LogP contribution in [0, 0.1) is 0 Å². The van der Waals surface area contributed by atoms with E-state index in [1.165, 1.54) is 11.9 Å². The number of aromatic nitrogens is 4. The van der Waals surface area contributed by atoms with Crippen LogP contribution in [-0.2, 0) is 0 Å². The van der Waals surface area contributed by atoms with Crippen molar-refractivity contribution >= 4 is 18.5 Å². The number of benzene rings is 6. The number of allylic oxidation sites excluding steroid dienone is 1. The van der Waals surface area contributed by atoms with Gasteiger partial charge in [0.1, 0.15) is 6.33 Å². The van der Waals surface area contributed by atoms with Gasteiger partial charge >= 0.3 is 0 Å². The lowest BCUT2D eigenvalue weighted by atomic mass is 9.90. The van der Waals surface area contributed by atoms with E-state index in [-0.39, 0.29) is 0 Å². The van der Waals surface area contributed by atoms with Gasteiger partial charge in [-0.2, -0.15) is 0 Å². The summed E-state index contributed by atoms with van der Waals surface area (Å²) in [5.74, 6) is 0. The molecule has 6 nitrogen and oxygen atoms in total. The molecule has 0 aliphatic heterocycles. The lowest BCUT2D eigenvalue weighted by molar-refractivity contribution is 1.17. The van der Waals surface area contributed by atoms with Gasteiger partial charge in [-0.25, -0.2) is 9.97 Å². The Morgan fingerprint density at radius 1 is 0.377 bits per heavy atom. The van der Waals surface area contributed by atoms with Gasteiger partial charge in [-0.15, -0.1) is 0 Å². The van der Waals surface area contributed by atoms with Crippen molar-refractivity contribution in [3.63, 3.8) is 0 Å². The molecule has 6 heteroatoms. The summed E-state index contributed by atoms with van der Waals surface area (Å²) >= 11 is 0. The number of aliphatic imine (C=N–C) groups is 2. The first-order chi connectivity index (χ1) is 30.1. The first kappa shape index (κ1) is 38.3. The fourth-order valence-electron chi connectivity index (χ4n) is 7.65. The van der Waals surface area contributed by atoms with Crippen LogP contribution in [0.5, 0.6) is 0 Å². The SMILES string of the molecule is C=N/C=C(\C=NC)c1cncc(-c2cccc(-c3cccc(-c4cc(-c5ccccc5)cc(-c5cccc(-c6cccc(-c7cncc(-c8cncnc8)c7)c6)c5)c4)c3)c2)c1. The highest BCUT2D eigenvalue weighted by atomic mass is 14.8. The topological polar surface area (TPSA) is 76.3 Å². The summed E-state index contributed by atoms with van der Waals surface area (Å²) in [5.41, 5.74) is 19.3. The Morgan fingerprint density at radius 3 is 1.23 bits per heavy atom. The smallest absolute Gasteiger partial charge is 0.115 e. The molecule has 9 rings (SSSR count). The zero-order chi connectivity index (χ0) is 41.4. The van der Waals surface area contributed by atoms with Crippen LogP contribution >= 0.6 is 0 Å². The second kappa shape index (κ2) is 17.7. The van der Waals surface area contributed by atoms with Crippen molar-refractivity contribution in [1.82, 2.24) is 19.9 Å². The molecule has 3 aromatic heterocycles. The summed E-state index contributed by atoms with van der Waals surface area (Å²) < 4.78 is 0. The Hall–Kier alpha value is -8.22. The number of rotatable bonds is 11. The first-order valence-corrected chi connectivity index (χ1v) is 20.0. The molecule has 0 N–H and O–H groups in total. The van der Waals surface area contributed by atoms with Crippen molar-refractivity contribution in [2.24, 2.45) is 9.98 Å². The van der Waals surface area contributed by atoms with Crippen molar-refractivity contribution < 1.29 is 0 Å². The van der Waals surface area contributed by atoms with Gasteiger partial charge < -0.3 is 0 Å². The predicted molar refractivity (Wildman–Crippen MR) is 253 cm³/mol. The zero-order valence-corrected chi connectivity index (χ0v) is 33.6. The monoisotopic (exact) mass is 784 g/mol. The Morgan fingerprint density at radius 2 is 0.738 bits per heavy atom. The molecular weight excluding hydrogens is 745 g/mol. The maximum Gasteiger partial charge on any atom is 0.115 e. The molecule has 0 amide bonds. The second-order valence-electron chi connectivity index (χ2n) is 14.7. The van der Waals surface area contributed by atoms with E-state index in [0.717, 1.165) is 94.6 Å². The first-order valence-electron chi connectivity index (χ1n) is 20.0. The highest BCUT2D eigenvalue weighted by Gasteiger charge is 2.12. The van der Waals surface area contributed by atoms with Crippen LogP contribution < -0.4 is 0 Å². The van der Waals surface area contributed by atoms with Crippen molar-refractivity contribution in [2.45, 2.75) is 0 Å². The highest BCUT2D eigenvalue weighted by Crippen LogP contribution is 2.37. The highest BCUT2D eigenvalue weighted by molar-refractivity contribution is 6.10. The van der Waals surface area contributed by atoms with Crippen LogP contribution in [0.3, 0.4) is 0 Å². The molecule has 0 bridgehead atoms. The lowest BCUT2D eigenvalue weighted by Crippen LogP contribution is -1.90. The molecule has 0 fully saturated rings. The van der Waals surface area contributed by atoms with Crippen molar-refractivity contribution in [2.75, 3.05) is 7.05 Å². The number of hydrogen-bond acceptors (Lipinski definition) is 6. The summed E-state index contributed by atoms with van der Waals surface area (Å²) in [6.07, 6.45) is 16.1. The lowest BCUT2D eigenvalue weighted by Gasteiger charge is -2.14. The summed E-state index contributed by atoms with van der Waals surface area (Å²) in [7, 11) is 1.74. The summed E-state index contributed by atoms with van der Waals surface area (Å²) in [6, 6.07) is 56.6. The molecule has 9 aromatic rings. The van der Waals surface area contributed by atoms with Crippen LogP contribution in [0.25, 0.3) is 94.6 Å². The van der Waals surface area contributed by atoms with Gasteiger partial charge in [0.25, 0.3) is 0 Å². The van der Waals surface area contributed by atoms with E-state index in [9.17, 15) is 0 Å². The molecule has 0 aliphatic carbocycles. The van der Waals surface area contributed by atoms with E-state index in [1.54, 1.807) is 19.5 Å². The molecule has 6 aromatic carbocycles. The maximum absolute atomic E-state index is 4.55. The quantitative estimate of drug-likeness (QED) is 0.122. The van der Waals surface area contributed by atoms with Crippen molar-refractivity contribution in [1.29, 1.82) is 0 Å². The number of pyridine rings is 2. The van der Waals surface area contributed by atoms with Crippen molar-refractivity contribution in [3.05, 3.63) is 213 Å². The van der Waals surface area contributed by atoms with Crippen molar-refractivity contribution in [3.8, 4) is 89.0 Å². The molecule has 0 radical (unpaired) electrons. The van der Waals surface area contributed by atoms with Gasteiger partial charge in [0, 0.05) is 90.0 Å². The Balaban J connectivity index is 1.06. The molecular formula is C55H40N6. The van der Waals surface area contributed by atoms with Gasteiger partial charge in [-0.05, 0) is 128 Å². The van der Waals surface area contributed by atoms with E-state index >= 15 is 0 Å². The van der Waals surface area contributed by atoms with E-state index < -0.39 is 0 Å². The third kappa shape index (κ3) is 8.65. The Labute approximate surface area is 356 Å². The zero-order valence-electron chi connectivity index (χ0n) is 33.6. The van der Waals surface area contributed by atoms with Gasteiger partial charge in [-0.3, -0.25) is 20.0 Å². The second-order valence-corrected chi connectivity index (χ2v) is 14.7. The molecule has 0 spiro atoms. The van der Waals surface area contributed by atoms with Crippen LogP contribution in [0.4, 0.5) is 0 Å². The molecule has 0 unspecified atom stereocenters. The molecule has 290 valence electrons. The molecule has 3 heterocycles. The normalized spacial score (nSPS) is 11.5. The minimum atomic E-state index is 0.851. The molecule has 0 saturated carbocycles. The summed E-state index contributed by atoms with van der Waals surface area (Å²) in [6.45, 7) is 3.63. The van der Waals surface area contributed by atoms with Gasteiger partial charge in [0.15, 0.2) is 0 Å². The summed E-state index contributed by atoms with van der Waals surface area (Å²) in [4.78, 5) is 25.6. The molecule has 0 saturated heterocycles. The van der Waals surface area contributed by atoms with Gasteiger partial charge in [-0.1, -0.05) is 103 Å². The fraction of sp³-hybridized carbons (Fsp3) is 0.0182. The standard InChI is InChI=1S/C55H40N6/c1-56-29-54(30-57-2)52-27-50(31-58-33-52)45-18-8-14-41(22-45)39-12-6-16-43(20-39)48-24-47(38-10-4-3-5-11-38)25-49(26-48)44-17-7-13-40(21-44)42-15-9-19-46(23-42)51-28-53(34-59-32-51)55-35-60-37-61-36-55/h3-37H,1H2,2H3/b54-29+,57-30?. The average Bonchev–Trinajstić information content (AvgIpc) is 3.34. The summed E-state index contributed by atoms with van der Waals surface area (Å²) in [5, 5.41) is 0. The van der Waals surface area contributed by atoms with E-state index in [2.05, 4.69) is 194 Å². The Bertz CT molecular complexity index is 3060. The minimum absolute atomic E-state index is 0.851. The van der Waals surface area contributed by atoms with Crippen LogP contribution in [-0.4, -0.2) is 39.9 Å². The van der Waals surface area contributed by atoms with Gasteiger partial charge in [0.05, 0.1) is 0 Å². The van der Waals surface area contributed by atoms with Gasteiger partial charge in [0.2, 0.25) is 0 Å². The van der Waals surface area contributed by atoms with Crippen LogP contribution in [0.2, 0.25) is 0 Å². The average molecular weight is 785 g/mol. The van der Waals surface area contributed by atoms with Crippen LogP contribution in [0.15, 0.2) is 217 Å². The van der Waals surface area contributed by atoms with E-state index in [1.807, 2.05) is 37.2 Å². The molecule has 0 aliphatic rings. The third-order valence-electron chi connectivity index (χ3n) is 10.7. The number of hydrogen-bond donors (Lipinski definition) is 0. The predicted octanol–water partition coefficient (Wildman–Crippen LogP) is 13.3. The Kier molecular flexibility index (Phi) is 11.1. The number of nitrogens with zero attached hydrogens (tertiary/aromatic N) is 6. The van der Waals surface area contributed by atoms with Crippen LogP contribution in [0.1, 0.15) is 5.56 Å².